The number of ketones is 1. The van der Waals surface area contributed by atoms with Crippen LogP contribution in [-0.2, 0) is 95.0 Å². The van der Waals surface area contributed by atoms with E-state index in [1.807, 2.05) is 14.2 Å². The number of aliphatic hydroxyl groups excluding tert-OH is 2. The van der Waals surface area contributed by atoms with Gasteiger partial charge in [0.25, 0.3) is 0 Å². The zero-order chi connectivity index (χ0) is 103. The smallest absolute Gasteiger partial charge is 0.193 e. The topological polar surface area (TPSA) is 272 Å². The van der Waals surface area contributed by atoms with Crippen LogP contribution in [-0.4, -0.2) is 240 Å². The van der Waals surface area contributed by atoms with Crippen molar-refractivity contribution in [3.63, 3.8) is 0 Å². The summed E-state index contributed by atoms with van der Waals surface area (Å²) in [6, 6.07) is 16.9. The van der Waals surface area contributed by atoms with Gasteiger partial charge in [-0.15, -0.1) is 0 Å². The van der Waals surface area contributed by atoms with Gasteiger partial charge in [0.2, 0.25) is 0 Å². The van der Waals surface area contributed by atoms with E-state index in [2.05, 4.69) is 221 Å². The molecule has 0 aromatic heterocycles. The average Bonchev–Trinajstić information content (AvgIpc) is 1.61. The van der Waals surface area contributed by atoms with E-state index in [0.29, 0.717) is 70.1 Å². The van der Waals surface area contributed by atoms with Crippen molar-refractivity contribution >= 4 is 93.6 Å². The lowest BCUT2D eigenvalue weighted by Gasteiger charge is -2.51. The van der Waals surface area contributed by atoms with Crippen LogP contribution in [0.25, 0.3) is 0 Å². The van der Waals surface area contributed by atoms with Crippen LogP contribution < -0.4 is 0 Å². The molecule has 10 saturated heterocycles. The highest BCUT2D eigenvalue weighted by Gasteiger charge is 2.61. The summed E-state index contributed by atoms with van der Waals surface area (Å²) in [7, 11) is -9.46. The van der Waals surface area contributed by atoms with Crippen molar-refractivity contribution in [2.75, 3.05) is 20.8 Å². The second-order valence-corrected chi connectivity index (χ2v) is 61.7. The molecule has 0 spiro atoms. The molecule has 10 heterocycles. The first kappa shape index (κ1) is 118. The molecule has 12 rings (SSSR count). The molecule has 140 heavy (non-hydrogen) atoms. The zero-order valence-corrected chi connectivity index (χ0v) is 96.6. The molecule has 2 aromatic rings. The fraction of sp³-hybridized carbons (Fsp3) is 0.768. The molecular formula is C112H178I2O22S2Si2. The quantitative estimate of drug-likeness (QED) is 0.0270. The maximum Gasteiger partial charge on any atom is 0.193 e. The number of Topliss-reactive ketones (excluding diaryl/α,β-unsaturated/α-hetero) is 1. The first-order valence-electron chi connectivity index (χ1n) is 53.1. The highest BCUT2D eigenvalue weighted by Crippen LogP contribution is 2.52. The molecule has 2 N–H and O–H groups in total. The molecule has 37 atom stereocenters. The second-order valence-electron chi connectivity index (χ2n) is 46.6. The number of aldehydes is 1. The van der Waals surface area contributed by atoms with Crippen LogP contribution in [0.1, 0.15) is 265 Å². The van der Waals surface area contributed by atoms with Gasteiger partial charge >= 0.3 is 0 Å². The maximum atomic E-state index is 15.4. The minimum atomic E-state index is -4.28. The third-order valence-electron chi connectivity index (χ3n) is 34.8. The van der Waals surface area contributed by atoms with Gasteiger partial charge in [0, 0.05) is 64.8 Å². The normalized spacial score (nSPS) is 36.0. The van der Waals surface area contributed by atoms with Crippen molar-refractivity contribution in [1.29, 1.82) is 0 Å². The van der Waals surface area contributed by atoms with E-state index < -0.39 is 120 Å². The number of hydrogen-bond donors (Lipinski definition) is 2. The lowest BCUT2D eigenvalue weighted by molar-refractivity contribution is -0.240. The third-order valence-corrected chi connectivity index (χ3v) is 49.0. The molecule has 10 fully saturated rings. The molecule has 22 nitrogen and oxygen atoms in total. The summed E-state index contributed by atoms with van der Waals surface area (Å²) < 4.78 is 161. The molecule has 28 heteroatoms. The number of aliphatic hydroxyl groups is 2. The van der Waals surface area contributed by atoms with Crippen LogP contribution in [0.15, 0.2) is 139 Å². The number of fused-ring (bicyclic) bond motifs is 2. The van der Waals surface area contributed by atoms with Gasteiger partial charge in [-0.2, -0.15) is 0 Å². The van der Waals surface area contributed by atoms with Gasteiger partial charge in [0.1, 0.15) is 11.5 Å². The largest absolute Gasteiger partial charge is 0.408 e. The summed E-state index contributed by atoms with van der Waals surface area (Å²) >= 11 is 4.54. The standard InChI is InChI=1S/C56H91IO11SSi.C56H87IO11SSi/c2*1-14-34(2)29-50-54(62-11)51(49(66-50)33-48-37(5)35(3)30-41(64-48)22-24-45-36(4)31-40(63-45)19-18-28-58)55(69(60,61)43-20-16-15-17-21-43)44(59)32-42-23-25-46-52(65-42)38(6)39(7)53(67-46)47(26-27-57)68-70(12,13)56(8,9)10/h15-17,20-21,26-27,34-35,38-42,44-55,58-59H,4-5,14,18-19,22-25,28-33H2,1-3,6-13H3;15-17,20-21,26-28,34-35,38-42,45-55H,4-5,14,18-19,22-25,29-33H2,1-3,6-13H3/b2*27-26+/t34-,35-,38-,39+,40+,41+,42?,44?,45?,46?,47+,48?,49+,50-,51+,52?,53-,54+,55?;34-,35-,38-,39+,40+,41+,42?,45?,46?,47+,48?,49+,50-,51+,52?,53-,54+,55?/m11/s1. The van der Waals surface area contributed by atoms with Crippen molar-refractivity contribution in [3.8, 4) is 0 Å². The van der Waals surface area contributed by atoms with Crippen molar-refractivity contribution in [2.24, 2.45) is 59.2 Å². The molecule has 0 amide bonds. The van der Waals surface area contributed by atoms with Crippen LogP contribution in [0.3, 0.4) is 0 Å². The van der Waals surface area contributed by atoms with Crippen LogP contribution in [0, 0.1) is 59.2 Å². The molecule has 10 aliphatic rings. The van der Waals surface area contributed by atoms with Crippen molar-refractivity contribution in [1.82, 2.24) is 0 Å². The van der Waals surface area contributed by atoms with Crippen LogP contribution in [0.2, 0.25) is 36.3 Å². The molecule has 2 aromatic carbocycles. The summed E-state index contributed by atoms with van der Waals surface area (Å²) in [4.78, 5) is 26.7. The summed E-state index contributed by atoms with van der Waals surface area (Å²) in [6.45, 7) is 62.4. The minimum Gasteiger partial charge on any atom is -0.408 e. The molecule has 0 aliphatic carbocycles. The first-order valence-corrected chi connectivity index (χ1v) is 64.5. The fourth-order valence-corrected chi connectivity index (χ4v) is 31.0. The predicted molar refractivity (Wildman–Crippen MR) is 577 cm³/mol. The highest BCUT2D eigenvalue weighted by molar-refractivity contribution is 14.1. The Morgan fingerprint density at radius 2 is 0.929 bits per heavy atom. The molecule has 0 saturated carbocycles. The number of ether oxygens (including phenoxy) is 12. The fourth-order valence-electron chi connectivity index (χ4n) is 23.5. The number of carbonyl (C=O) groups excluding carboxylic acids is 2. The van der Waals surface area contributed by atoms with Gasteiger partial charge < -0.3 is 80.7 Å². The Hall–Kier alpha value is -2.63. The number of carbonyl (C=O) groups is 2. The van der Waals surface area contributed by atoms with Crippen LogP contribution in [0.4, 0.5) is 0 Å². The van der Waals surface area contributed by atoms with Gasteiger partial charge in [-0.3, -0.25) is 4.79 Å². The Kier molecular flexibility index (Phi) is 43.6. The molecular weight excluding hydrogens is 2070 g/mol. The highest BCUT2D eigenvalue weighted by atomic mass is 127. The molecule has 792 valence electrons. The van der Waals surface area contributed by atoms with Crippen LogP contribution in [0.5, 0.6) is 0 Å². The third kappa shape index (κ3) is 28.8. The van der Waals surface area contributed by atoms with E-state index in [9.17, 15) is 15.0 Å². The summed E-state index contributed by atoms with van der Waals surface area (Å²) in [5.41, 5.74) is 4.07. The summed E-state index contributed by atoms with van der Waals surface area (Å²) in [6.07, 6.45) is 12.6. The van der Waals surface area contributed by atoms with E-state index in [-0.39, 0.29) is 178 Å². The number of hydrogen-bond acceptors (Lipinski definition) is 22. The number of methoxy groups -OCH3 is 2. The van der Waals surface area contributed by atoms with Gasteiger partial charge in [-0.1, -0.05) is 232 Å². The molecule has 0 radical (unpaired) electrons. The summed E-state index contributed by atoms with van der Waals surface area (Å²) in [5.74, 6) is -0.635. The average molecular weight is 2250 g/mol. The van der Waals surface area contributed by atoms with E-state index in [1.54, 1.807) is 68.8 Å². The number of sulfone groups is 2. The first-order chi connectivity index (χ1) is 66.1. The Morgan fingerprint density at radius 1 is 0.514 bits per heavy atom. The lowest BCUT2D eigenvalue weighted by Crippen LogP contribution is -2.59. The van der Waals surface area contributed by atoms with Gasteiger partial charge in [-0.25, -0.2) is 16.8 Å². The summed E-state index contributed by atoms with van der Waals surface area (Å²) in [5, 5.41) is 19.5. The van der Waals surface area contributed by atoms with E-state index in [0.717, 1.165) is 106 Å². The zero-order valence-electron chi connectivity index (χ0n) is 88.7. The lowest BCUT2D eigenvalue weighted by atomic mass is 9.77. The minimum absolute atomic E-state index is 0.00900. The predicted octanol–water partition coefficient (Wildman–Crippen LogP) is 23.1. The van der Waals surface area contributed by atoms with Crippen LogP contribution >= 0.6 is 45.2 Å². The van der Waals surface area contributed by atoms with Crippen molar-refractivity contribution in [3.05, 3.63) is 130 Å². The van der Waals surface area contributed by atoms with E-state index in [4.69, 9.17) is 65.7 Å². The SMILES string of the molecule is C=C1C[C@H](CCC=O)OC1CC[C@H]1C[C@@H](C)C(=C)C(C[C@@H]2O[C@H](C[C@H](C)CC)[C@H](OC)[C@H]2C(C(=O)CC2CCC3O[C@@H]([C@H](/C=C/I)O[Si](C)(C)C(C)(C)C)[C@@H](C)[C@@H](C)C3O2)S(=O)(=O)c2ccccc2)O1.C=C1C[C@H](CCCO)OC1CC[C@H]1C[C@@H](C)C(=C)C(C[C@@H]2O[C@H](C[C@H](C)CC)[C@H](OC)[C@H]2C(C(O)CC2CCC3O[C@@H]([C@H](/C=C/I)O[Si](C)(C)C(C)(C)C)[C@@H](C)[C@@H](C)C3O2)S(=O)(=O)c2ccccc2)O1. The number of benzene rings is 2. The monoisotopic (exact) mass is 2250 g/mol. The molecule has 0 bridgehead atoms. The Bertz CT molecular complexity index is 4600. The molecule has 13 unspecified atom stereocenters. The van der Waals surface area contributed by atoms with E-state index in [1.165, 1.54) is 0 Å². The van der Waals surface area contributed by atoms with Crippen molar-refractivity contribution in [2.45, 2.75) is 474 Å². The Labute approximate surface area is 872 Å². The van der Waals surface area contributed by atoms with Crippen molar-refractivity contribution < 1.29 is 102 Å². The number of rotatable bonds is 44. The van der Waals surface area contributed by atoms with Gasteiger partial charge in [-0.05, 0) is 260 Å². The molecule has 10 aliphatic heterocycles. The Morgan fingerprint density at radius 3 is 1.35 bits per heavy atom. The Balaban J connectivity index is 0.000000268. The van der Waals surface area contributed by atoms with E-state index >= 15 is 21.6 Å². The maximum absolute atomic E-state index is 15.4. The van der Waals surface area contributed by atoms with Gasteiger partial charge in [0.15, 0.2) is 42.1 Å². The number of halogens is 2. The second kappa shape index (κ2) is 51.9. The van der Waals surface area contributed by atoms with Gasteiger partial charge in [0.05, 0.1) is 168 Å².